The molecule has 0 radical (unpaired) electrons. The largest absolute Gasteiger partial charge is 0.481 e. The number of amides is 2. The molecular weight excluding hydrogens is 260 g/mol. The van der Waals surface area contributed by atoms with E-state index in [9.17, 15) is 19.5 Å². The highest BCUT2D eigenvalue weighted by atomic mass is 16.4. The summed E-state index contributed by atoms with van der Waals surface area (Å²) in [6, 6.07) is 0. The molecule has 1 heterocycles. The van der Waals surface area contributed by atoms with Crippen LogP contribution in [0.1, 0.15) is 32.6 Å². The number of carbonyl (C=O) groups excluding carboxylic acids is 2. The Bertz CT molecular complexity index is 415. The smallest absolute Gasteiger partial charge is 0.307 e. The second-order valence-electron chi connectivity index (χ2n) is 6.13. The first-order valence-corrected chi connectivity index (χ1v) is 7.21. The fourth-order valence-electron chi connectivity index (χ4n) is 3.46. The Hall–Kier alpha value is -1.59. The molecule has 3 atom stereocenters. The minimum atomic E-state index is -0.875. The molecule has 0 spiro atoms. The summed E-state index contributed by atoms with van der Waals surface area (Å²) in [6.45, 7) is 3.00. The molecule has 1 aliphatic heterocycles. The zero-order valence-electron chi connectivity index (χ0n) is 11.7. The summed E-state index contributed by atoms with van der Waals surface area (Å²) < 4.78 is 0. The summed E-state index contributed by atoms with van der Waals surface area (Å²) in [5, 5.41) is 9.23. The number of nitrogens with two attached hydrogens (primary N) is 1. The van der Waals surface area contributed by atoms with E-state index in [0.717, 1.165) is 0 Å². The quantitative estimate of drug-likeness (QED) is 0.785. The molecule has 112 valence electrons. The lowest BCUT2D eigenvalue weighted by Crippen LogP contribution is -2.45. The number of rotatable bonds is 3. The average Bonchev–Trinajstić information content (AvgIpc) is 2.80. The van der Waals surface area contributed by atoms with Crippen molar-refractivity contribution in [2.75, 3.05) is 13.1 Å². The molecule has 0 aromatic heterocycles. The Morgan fingerprint density at radius 2 is 1.65 bits per heavy atom. The monoisotopic (exact) mass is 282 g/mol. The van der Waals surface area contributed by atoms with Crippen molar-refractivity contribution >= 4 is 17.8 Å². The molecular formula is C14H22N2O4. The van der Waals surface area contributed by atoms with Crippen LogP contribution in [0, 0.1) is 23.7 Å². The molecule has 2 aliphatic rings. The third-order valence-electron chi connectivity index (χ3n) is 4.64. The van der Waals surface area contributed by atoms with Gasteiger partial charge in [0.05, 0.1) is 11.8 Å². The van der Waals surface area contributed by atoms with Gasteiger partial charge in [-0.2, -0.15) is 0 Å². The minimum absolute atomic E-state index is 0.0651. The third kappa shape index (κ3) is 2.94. The first-order chi connectivity index (χ1) is 9.40. The number of hydrogen-bond donors (Lipinski definition) is 2. The van der Waals surface area contributed by atoms with Crippen LogP contribution in [0.15, 0.2) is 0 Å². The Labute approximate surface area is 118 Å². The highest BCUT2D eigenvalue weighted by molar-refractivity contribution is 5.85. The SMILES string of the molecule is CC1CC(C(=O)O)C(C(=O)N2CCC(C(N)=O)CC2)C1. The lowest BCUT2D eigenvalue weighted by Gasteiger charge is -2.33. The average molecular weight is 282 g/mol. The number of nitrogens with zero attached hydrogens (tertiary/aromatic N) is 1. The molecule has 3 unspecified atom stereocenters. The maximum atomic E-state index is 12.5. The summed E-state index contributed by atoms with van der Waals surface area (Å²) in [6.07, 6.45) is 2.39. The van der Waals surface area contributed by atoms with E-state index in [-0.39, 0.29) is 23.7 Å². The molecule has 1 aliphatic carbocycles. The Balaban J connectivity index is 1.98. The molecule has 2 rings (SSSR count). The maximum absolute atomic E-state index is 12.5. The molecule has 0 aromatic rings. The van der Waals surface area contributed by atoms with Crippen molar-refractivity contribution in [3.8, 4) is 0 Å². The number of primary amides is 1. The van der Waals surface area contributed by atoms with E-state index in [0.29, 0.717) is 38.8 Å². The van der Waals surface area contributed by atoms with Crippen molar-refractivity contribution in [2.45, 2.75) is 32.6 Å². The van der Waals surface area contributed by atoms with Crippen LogP contribution in [0.2, 0.25) is 0 Å². The van der Waals surface area contributed by atoms with Gasteiger partial charge in [-0.3, -0.25) is 14.4 Å². The molecule has 20 heavy (non-hydrogen) atoms. The molecule has 2 amide bonds. The van der Waals surface area contributed by atoms with E-state index in [1.807, 2.05) is 6.92 Å². The predicted octanol–water partition coefficient (Wildman–Crippen LogP) is 0.457. The number of carboxylic acid groups (broad SMARTS) is 1. The first-order valence-electron chi connectivity index (χ1n) is 7.21. The van der Waals surface area contributed by atoms with Crippen molar-refractivity contribution in [2.24, 2.45) is 29.4 Å². The highest BCUT2D eigenvalue weighted by Gasteiger charge is 2.43. The topological polar surface area (TPSA) is 101 Å². The van der Waals surface area contributed by atoms with Crippen LogP contribution < -0.4 is 5.73 Å². The van der Waals surface area contributed by atoms with Gasteiger partial charge in [0.25, 0.3) is 0 Å². The number of piperidine rings is 1. The lowest BCUT2D eigenvalue weighted by molar-refractivity contribution is -0.149. The van der Waals surface area contributed by atoms with Crippen molar-refractivity contribution in [1.82, 2.24) is 4.90 Å². The zero-order chi connectivity index (χ0) is 14.9. The normalized spacial score (nSPS) is 31.2. The highest BCUT2D eigenvalue weighted by Crippen LogP contribution is 2.38. The van der Waals surface area contributed by atoms with Crippen LogP contribution in [0.3, 0.4) is 0 Å². The molecule has 0 bridgehead atoms. The number of hydrogen-bond acceptors (Lipinski definition) is 3. The van der Waals surface area contributed by atoms with Gasteiger partial charge < -0.3 is 15.7 Å². The molecule has 1 saturated carbocycles. The fourth-order valence-corrected chi connectivity index (χ4v) is 3.46. The van der Waals surface area contributed by atoms with Crippen molar-refractivity contribution in [3.63, 3.8) is 0 Å². The fraction of sp³-hybridized carbons (Fsp3) is 0.786. The van der Waals surface area contributed by atoms with Crippen LogP contribution in [0.25, 0.3) is 0 Å². The third-order valence-corrected chi connectivity index (χ3v) is 4.64. The van der Waals surface area contributed by atoms with Gasteiger partial charge in [0.15, 0.2) is 0 Å². The van der Waals surface area contributed by atoms with Gasteiger partial charge in [0.1, 0.15) is 0 Å². The van der Waals surface area contributed by atoms with E-state index >= 15 is 0 Å². The van der Waals surface area contributed by atoms with Crippen LogP contribution in [-0.2, 0) is 14.4 Å². The standard InChI is InChI=1S/C14H22N2O4/c1-8-6-10(11(7-8)14(19)20)13(18)16-4-2-9(3-5-16)12(15)17/h8-11H,2-7H2,1H3,(H2,15,17)(H,19,20). The number of carboxylic acids is 1. The maximum Gasteiger partial charge on any atom is 0.307 e. The number of carbonyl (C=O) groups is 3. The van der Waals surface area contributed by atoms with Crippen LogP contribution in [0.5, 0.6) is 0 Å². The van der Waals surface area contributed by atoms with Gasteiger partial charge in [-0.25, -0.2) is 0 Å². The van der Waals surface area contributed by atoms with Crippen molar-refractivity contribution in [1.29, 1.82) is 0 Å². The van der Waals surface area contributed by atoms with E-state index < -0.39 is 17.8 Å². The second-order valence-corrected chi connectivity index (χ2v) is 6.13. The summed E-state index contributed by atoms with van der Waals surface area (Å²) in [4.78, 5) is 36.6. The molecule has 6 nitrogen and oxygen atoms in total. The first kappa shape index (κ1) is 14.8. The van der Waals surface area contributed by atoms with Gasteiger partial charge in [-0.1, -0.05) is 6.92 Å². The van der Waals surface area contributed by atoms with Crippen molar-refractivity contribution in [3.05, 3.63) is 0 Å². The molecule has 0 aromatic carbocycles. The lowest BCUT2D eigenvalue weighted by atomic mass is 9.91. The van der Waals surface area contributed by atoms with Crippen molar-refractivity contribution < 1.29 is 19.5 Å². The van der Waals surface area contributed by atoms with Gasteiger partial charge in [-0.15, -0.1) is 0 Å². The molecule has 2 fully saturated rings. The van der Waals surface area contributed by atoms with Gasteiger partial charge in [-0.05, 0) is 31.6 Å². The van der Waals surface area contributed by atoms with Gasteiger partial charge in [0.2, 0.25) is 11.8 Å². The number of aliphatic carboxylic acids is 1. The van der Waals surface area contributed by atoms with Gasteiger partial charge >= 0.3 is 5.97 Å². The zero-order valence-corrected chi connectivity index (χ0v) is 11.7. The summed E-state index contributed by atoms with van der Waals surface area (Å²) in [7, 11) is 0. The van der Waals surface area contributed by atoms with E-state index in [1.165, 1.54) is 0 Å². The molecule has 1 saturated heterocycles. The predicted molar refractivity (Wildman–Crippen MR) is 71.5 cm³/mol. The number of likely N-dealkylation sites (tertiary alicyclic amines) is 1. The summed E-state index contributed by atoms with van der Waals surface area (Å²) in [5.74, 6) is -2.11. The summed E-state index contributed by atoms with van der Waals surface area (Å²) in [5.41, 5.74) is 5.27. The minimum Gasteiger partial charge on any atom is -0.481 e. The van der Waals surface area contributed by atoms with Gasteiger partial charge in [0, 0.05) is 19.0 Å². The van der Waals surface area contributed by atoms with Crippen LogP contribution in [0.4, 0.5) is 0 Å². The Morgan fingerprint density at radius 1 is 1.10 bits per heavy atom. The Morgan fingerprint density at radius 3 is 2.15 bits per heavy atom. The van der Waals surface area contributed by atoms with Crippen LogP contribution >= 0.6 is 0 Å². The van der Waals surface area contributed by atoms with E-state index in [4.69, 9.17) is 5.73 Å². The van der Waals surface area contributed by atoms with E-state index in [2.05, 4.69) is 0 Å². The van der Waals surface area contributed by atoms with Crippen LogP contribution in [-0.4, -0.2) is 40.9 Å². The molecule has 6 heteroatoms. The molecule has 3 N–H and O–H groups in total. The second kappa shape index (κ2) is 5.81. The summed E-state index contributed by atoms with van der Waals surface area (Å²) >= 11 is 0. The van der Waals surface area contributed by atoms with E-state index in [1.54, 1.807) is 4.90 Å². The Kier molecular flexibility index (Phi) is 4.30.